The van der Waals surface area contributed by atoms with Gasteiger partial charge in [-0.05, 0) is 72.9 Å². The third-order valence-electron chi connectivity index (χ3n) is 5.84. The van der Waals surface area contributed by atoms with Crippen LogP contribution >= 0.6 is 23.8 Å². The molecule has 2 amide bonds. The number of ether oxygens (including phenoxy) is 2. The molecule has 9 heteroatoms. The molecule has 1 saturated heterocycles. The number of halogens is 1. The van der Waals surface area contributed by atoms with Crippen LogP contribution in [0.15, 0.2) is 78.4 Å². The Hall–Kier alpha value is -4.14. The van der Waals surface area contributed by atoms with E-state index in [-0.39, 0.29) is 10.7 Å². The molecule has 7 nitrogen and oxygen atoms in total. The lowest BCUT2D eigenvalue weighted by molar-refractivity contribution is -0.122. The first-order valence-electron chi connectivity index (χ1n) is 10.9. The molecule has 1 aromatic heterocycles. The second-order valence-corrected chi connectivity index (χ2v) is 8.83. The summed E-state index contributed by atoms with van der Waals surface area (Å²) in [6.45, 7) is 0. The van der Waals surface area contributed by atoms with Gasteiger partial charge in [-0.15, -0.1) is 0 Å². The van der Waals surface area contributed by atoms with Crippen molar-refractivity contribution in [3.05, 3.63) is 89.0 Å². The minimum atomic E-state index is -0.585. The van der Waals surface area contributed by atoms with Crippen LogP contribution in [-0.2, 0) is 16.6 Å². The van der Waals surface area contributed by atoms with Gasteiger partial charge in [0.1, 0.15) is 17.1 Å². The van der Waals surface area contributed by atoms with Crippen LogP contribution in [-0.4, -0.2) is 28.6 Å². The van der Waals surface area contributed by atoms with Crippen LogP contribution in [0.1, 0.15) is 5.56 Å². The average molecular weight is 518 g/mol. The van der Waals surface area contributed by atoms with Crippen molar-refractivity contribution in [2.45, 2.75) is 0 Å². The number of carbonyl (C=O) groups excluding carboxylic acids is 2. The minimum absolute atomic E-state index is 0.00269. The Morgan fingerprint density at radius 1 is 0.944 bits per heavy atom. The van der Waals surface area contributed by atoms with Gasteiger partial charge in [0.25, 0.3) is 11.8 Å². The number of aryl methyl sites for hydroxylation is 1. The van der Waals surface area contributed by atoms with E-state index in [4.69, 9.17) is 33.3 Å². The molecule has 0 aliphatic carbocycles. The van der Waals surface area contributed by atoms with Crippen molar-refractivity contribution in [2.24, 2.45) is 7.05 Å². The number of hydrogen-bond donors (Lipinski definition) is 1. The number of nitrogens with zero attached hydrogens (tertiary/aromatic N) is 2. The highest BCUT2D eigenvalue weighted by Gasteiger charge is 2.35. The highest BCUT2D eigenvalue weighted by molar-refractivity contribution is 7.80. The summed E-state index contributed by atoms with van der Waals surface area (Å²) < 4.78 is 13.3. The van der Waals surface area contributed by atoms with Crippen molar-refractivity contribution >= 4 is 63.4 Å². The van der Waals surface area contributed by atoms with E-state index in [1.807, 2.05) is 35.9 Å². The SMILES string of the molecule is COc1ccc(Oc2c(C=C3C(=O)NC(=S)N(c4ccc(Cl)cc4)C3=O)c3ccccc3n2C)cc1. The largest absolute Gasteiger partial charge is 0.497 e. The Bertz CT molecular complexity index is 1540. The van der Waals surface area contributed by atoms with E-state index in [1.54, 1.807) is 61.7 Å². The molecule has 3 aromatic carbocycles. The van der Waals surface area contributed by atoms with Crippen LogP contribution in [0.4, 0.5) is 5.69 Å². The van der Waals surface area contributed by atoms with Gasteiger partial charge >= 0.3 is 0 Å². The maximum Gasteiger partial charge on any atom is 0.270 e. The predicted octanol–water partition coefficient (Wildman–Crippen LogP) is 5.46. The first-order chi connectivity index (χ1) is 17.4. The molecule has 0 bridgehead atoms. The number of thiocarbonyl (C=S) groups is 1. The average Bonchev–Trinajstić information content (AvgIpc) is 3.14. The van der Waals surface area contributed by atoms with E-state index in [9.17, 15) is 9.59 Å². The number of benzene rings is 3. The van der Waals surface area contributed by atoms with Gasteiger partial charge in [-0.1, -0.05) is 29.8 Å². The van der Waals surface area contributed by atoms with Gasteiger partial charge in [-0.2, -0.15) is 0 Å². The van der Waals surface area contributed by atoms with E-state index in [0.29, 0.717) is 33.7 Å². The molecule has 0 radical (unpaired) electrons. The molecule has 0 saturated carbocycles. The first kappa shape index (κ1) is 23.6. The summed E-state index contributed by atoms with van der Waals surface area (Å²) >= 11 is 11.3. The molecule has 1 fully saturated rings. The number of para-hydroxylation sites is 1. The zero-order valence-electron chi connectivity index (χ0n) is 19.3. The second-order valence-electron chi connectivity index (χ2n) is 8.01. The Morgan fingerprint density at radius 3 is 2.31 bits per heavy atom. The Labute approximate surface area is 217 Å². The van der Waals surface area contributed by atoms with Crippen molar-refractivity contribution in [3.63, 3.8) is 0 Å². The van der Waals surface area contributed by atoms with Crippen molar-refractivity contribution in [1.82, 2.24) is 9.88 Å². The molecule has 0 spiro atoms. The fourth-order valence-corrected chi connectivity index (χ4v) is 4.45. The van der Waals surface area contributed by atoms with E-state index in [2.05, 4.69) is 5.32 Å². The lowest BCUT2D eigenvalue weighted by Crippen LogP contribution is -2.54. The summed E-state index contributed by atoms with van der Waals surface area (Å²) in [6, 6.07) is 21.4. The van der Waals surface area contributed by atoms with Crippen molar-refractivity contribution in [1.29, 1.82) is 0 Å². The molecule has 180 valence electrons. The number of rotatable bonds is 5. The smallest absolute Gasteiger partial charge is 0.270 e. The molecular formula is C27H20ClN3O4S. The number of aromatic nitrogens is 1. The number of hydrogen-bond acceptors (Lipinski definition) is 5. The van der Waals surface area contributed by atoms with E-state index < -0.39 is 11.8 Å². The molecule has 1 aliphatic rings. The quantitative estimate of drug-likeness (QED) is 0.216. The second kappa shape index (κ2) is 9.49. The van der Waals surface area contributed by atoms with Crippen LogP contribution in [0.5, 0.6) is 17.4 Å². The van der Waals surface area contributed by atoms with Gasteiger partial charge in [0.15, 0.2) is 5.11 Å². The maximum atomic E-state index is 13.5. The van der Waals surface area contributed by atoms with Gasteiger partial charge in [-0.3, -0.25) is 19.8 Å². The van der Waals surface area contributed by atoms with Gasteiger partial charge < -0.3 is 14.0 Å². The fourth-order valence-electron chi connectivity index (χ4n) is 4.04. The lowest BCUT2D eigenvalue weighted by atomic mass is 10.1. The standard InChI is InChI=1S/C27H20ClN3O4S/c1-30-23-6-4-3-5-20(23)21(26(30)35-19-13-11-18(34-2)12-14-19)15-22-24(32)29-27(36)31(25(22)33)17-9-7-16(28)8-10-17/h3-15H,1-2H3,(H,29,32,36). The van der Waals surface area contributed by atoms with Crippen LogP contribution < -0.4 is 19.7 Å². The summed E-state index contributed by atoms with van der Waals surface area (Å²) in [5, 5.41) is 3.95. The lowest BCUT2D eigenvalue weighted by Gasteiger charge is -2.29. The highest BCUT2D eigenvalue weighted by atomic mass is 35.5. The fraction of sp³-hybridized carbons (Fsp3) is 0.0741. The zero-order chi connectivity index (χ0) is 25.4. The summed E-state index contributed by atoms with van der Waals surface area (Å²) in [5.41, 5.74) is 1.88. The number of carbonyl (C=O) groups is 2. The van der Waals surface area contributed by atoms with Gasteiger partial charge in [0, 0.05) is 23.0 Å². The Balaban J connectivity index is 1.62. The number of amides is 2. The number of fused-ring (bicyclic) bond motifs is 1. The predicted molar refractivity (Wildman–Crippen MR) is 144 cm³/mol. The number of methoxy groups -OCH3 is 1. The molecular weight excluding hydrogens is 498 g/mol. The topological polar surface area (TPSA) is 72.8 Å². The summed E-state index contributed by atoms with van der Waals surface area (Å²) in [6.07, 6.45) is 1.55. The normalized spacial score (nSPS) is 14.9. The van der Waals surface area contributed by atoms with Gasteiger partial charge in [0.05, 0.1) is 18.3 Å². The van der Waals surface area contributed by atoms with E-state index in [1.165, 1.54) is 4.90 Å². The Kier molecular flexibility index (Phi) is 6.22. The maximum absolute atomic E-state index is 13.5. The zero-order valence-corrected chi connectivity index (χ0v) is 20.9. The molecule has 4 aromatic rings. The van der Waals surface area contributed by atoms with Crippen LogP contribution in [0.25, 0.3) is 17.0 Å². The van der Waals surface area contributed by atoms with Crippen molar-refractivity contribution < 1.29 is 19.1 Å². The minimum Gasteiger partial charge on any atom is -0.497 e. The molecule has 0 unspecified atom stereocenters. The highest BCUT2D eigenvalue weighted by Crippen LogP contribution is 2.37. The van der Waals surface area contributed by atoms with Crippen molar-refractivity contribution in [3.8, 4) is 17.4 Å². The monoisotopic (exact) mass is 517 g/mol. The molecule has 0 atom stereocenters. The van der Waals surface area contributed by atoms with E-state index in [0.717, 1.165) is 10.9 Å². The molecule has 1 aliphatic heterocycles. The first-order valence-corrected chi connectivity index (χ1v) is 11.7. The van der Waals surface area contributed by atoms with Crippen LogP contribution in [0, 0.1) is 0 Å². The van der Waals surface area contributed by atoms with Gasteiger partial charge in [-0.25, -0.2) is 0 Å². The number of anilines is 1. The summed E-state index contributed by atoms with van der Waals surface area (Å²) in [5.74, 6) is 0.614. The van der Waals surface area contributed by atoms with E-state index >= 15 is 0 Å². The van der Waals surface area contributed by atoms with Crippen LogP contribution in [0.2, 0.25) is 5.02 Å². The number of nitrogens with one attached hydrogen (secondary N) is 1. The van der Waals surface area contributed by atoms with Gasteiger partial charge in [0.2, 0.25) is 5.88 Å². The third-order valence-corrected chi connectivity index (χ3v) is 6.38. The molecule has 5 rings (SSSR count). The molecule has 1 N–H and O–H groups in total. The third kappa shape index (κ3) is 4.21. The molecule has 36 heavy (non-hydrogen) atoms. The summed E-state index contributed by atoms with van der Waals surface area (Å²) in [4.78, 5) is 27.7. The van der Waals surface area contributed by atoms with Crippen LogP contribution in [0.3, 0.4) is 0 Å². The van der Waals surface area contributed by atoms with Crippen molar-refractivity contribution in [2.75, 3.05) is 12.0 Å². The summed E-state index contributed by atoms with van der Waals surface area (Å²) in [7, 11) is 3.45. The molecule has 2 heterocycles. The Morgan fingerprint density at radius 2 is 1.61 bits per heavy atom.